The van der Waals surface area contributed by atoms with E-state index in [-0.39, 0.29) is 18.0 Å². The number of halogens is 3. The molecule has 1 aromatic heterocycles. The van der Waals surface area contributed by atoms with E-state index in [9.17, 15) is 22.8 Å². The Balaban J connectivity index is 2.07. The summed E-state index contributed by atoms with van der Waals surface area (Å²) in [6, 6.07) is -0.937. The van der Waals surface area contributed by atoms with Crippen LogP contribution in [0.2, 0.25) is 0 Å². The molecule has 0 radical (unpaired) electrons. The molecule has 2 rings (SSSR count). The summed E-state index contributed by atoms with van der Waals surface area (Å²) in [6.07, 6.45) is -3.09. The predicted molar refractivity (Wildman–Crippen MR) is 73.8 cm³/mol. The molecule has 0 aliphatic heterocycles. The summed E-state index contributed by atoms with van der Waals surface area (Å²) >= 11 is 0. The fourth-order valence-electron chi connectivity index (χ4n) is 2.51. The van der Waals surface area contributed by atoms with Crippen molar-refractivity contribution in [3.05, 3.63) is 17.0 Å². The van der Waals surface area contributed by atoms with Gasteiger partial charge in [0.2, 0.25) is 5.91 Å². The summed E-state index contributed by atoms with van der Waals surface area (Å²) in [5.41, 5.74) is 0.986. The number of aryl methyl sites for hydroxylation is 1. The number of alkyl halides is 3. The molecule has 1 aliphatic carbocycles. The fraction of sp³-hybridized carbons (Fsp3) is 0.643. The number of nitrogens with one attached hydrogen (secondary N) is 1. The first kappa shape index (κ1) is 17.3. The zero-order chi connectivity index (χ0) is 17.4. The average Bonchev–Trinajstić information content (AvgIpc) is 3.19. The van der Waals surface area contributed by atoms with Gasteiger partial charge in [0.15, 0.2) is 0 Å². The maximum atomic E-state index is 12.5. The number of carboxylic acids is 1. The number of carbonyl (C=O) groups is 2. The number of amides is 1. The van der Waals surface area contributed by atoms with Crippen LogP contribution in [0.4, 0.5) is 13.2 Å². The highest BCUT2D eigenvalue weighted by Crippen LogP contribution is 2.32. The summed E-state index contributed by atoms with van der Waals surface area (Å²) in [6.45, 7) is 1.77. The smallest absolute Gasteiger partial charge is 0.408 e. The van der Waals surface area contributed by atoms with Crippen LogP contribution in [0.15, 0.2) is 0 Å². The number of hydrogen-bond acceptors (Lipinski definition) is 3. The average molecular weight is 333 g/mol. The van der Waals surface area contributed by atoms with Gasteiger partial charge in [-0.25, -0.2) is 4.79 Å². The normalized spacial score (nSPS) is 16.2. The number of rotatable bonds is 6. The lowest BCUT2D eigenvalue weighted by atomic mass is 10.1. The Morgan fingerprint density at radius 3 is 2.48 bits per heavy atom. The van der Waals surface area contributed by atoms with Crippen molar-refractivity contribution in [2.75, 3.05) is 0 Å². The molecule has 1 unspecified atom stereocenters. The maximum Gasteiger partial charge on any atom is 0.408 e. The number of aromatic nitrogens is 2. The second-order valence-corrected chi connectivity index (χ2v) is 5.82. The molecule has 23 heavy (non-hydrogen) atoms. The Labute approximate surface area is 130 Å². The van der Waals surface area contributed by atoms with Crippen LogP contribution in [0.5, 0.6) is 0 Å². The van der Waals surface area contributed by atoms with Gasteiger partial charge in [0.05, 0.1) is 12.1 Å². The molecule has 0 saturated heterocycles. The topological polar surface area (TPSA) is 84.2 Å². The van der Waals surface area contributed by atoms with Crippen LogP contribution < -0.4 is 5.32 Å². The number of hydrogen-bond donors (Lipinski definition) is 2. The Hall–Kier alpha value is -2.06. The van der Waals surface area contributed by atoms with Crippen molar-refractivity contribution >= 4 is 11.9 Å². The van der Waals surface area contributed by atoms with Crippen molar-refractivity contribution < 1.29 is 27.9 Å². The lowest BCUT2D eigenvalue weighted by Gasteiger charge is -2.13. The molecule has 6 nitrogen and oxygen atoms in total. The van der Waals surface area contributed by atoms with Gasteiger partial charge in [0.1, 0.15) is 12.6 Å². The fourth-order valence-corrected chi connectivity index (χ4v) is 2.51. The Bertz CT molecular complexity index is 621. The van der Waals surface area contributed by atoms with Gasteiger partial charge in [-0.3, -0.25) is 9.48 Å². The number of carbonyl (C=O) groups excluding carboxylic acids is 1. The summed E-state index contributed by atoms with van der Waals surface area (Å²) < 4.78 is 38.2. The first-order valence-electron chi connectivity index (χ1n) is 7.20. The van der Waals surface area contributed by atoms with E-state index < -0.39 is 30.6 Å². The Morgan fingerprint density at radius 2 is 2.00 bits per heavy atom. The summed E-state index contributed by atoms with van der Waals surface area (Å²) in [5.74, 6) is -1.68. The predicted octanol–water partition coefficient (Wildman–Crippen LogP) is 1.58. The molecule has 0 aromatic carbocycles. The van der Waals surface area contributed by atoms with Gasteiger partial charge in [0, 0.05) is 11.3 Å². The van der Waals surface area contributed by atoms with E-state index in [0.29, 0.717) is 11.3 Å². The molecular weight excluding hydrogens is 315 g/mol. The van der Waals surface area contributed by atoms with Crippen LogP contribution in [-0.4, -0.2) is 39.0 Å². The first-order valence-corrected chi connectivity index (χ1v) is 7.20. The summed E-state index contributed by atoms with van der Waals surface area (Å²) in [5, 5.41) is 15.3. The minimum absolute atomic E-state index is 0.0633. The molecule has 0 bridgehead atoms. The second kappa shape index (κ2) is 6.21. The third-order valence-electron chi connectivity index (χ3n) is 3.87. The SMILES string of the molecule is Cc1nn(CC(F)(F)F)c(C)c1CC(=O)NC(C(=O)O)C1CC1. The minimum atomic E-state index is -4.40. The van der Waals surface area contributed by atoms with Gasteiger partial charge in [-0.2, -0.15) is 18.3 Å². The first-order chi connectivity index (χ1) is 10.6. The van der Waals surface area contributed by atoms with Gasteiger partial charge >= 0.3 is 12.1 Å². The van der Waals surface area contributed by atoms with E-state index >= 15 is 0 Å². The number of carboxylic acid groups (broad SMARTS) is 1. The van der Waals surface area contributed by atoms with Gasteiger partial charge in [-0.15, -0.1) is 0 Å². The molecule has 1 aromatic rings. The van der Waals surface area contributed by atoms with Crippen molar-refractivity contribution in [2.24, 2.45) is 5.92 Å². The van der Waals surface area contributed by atoms with Crippen LogP contribution in [0.3, 0.4) is 0 Å². The molecule has 1 amide bonds. The van der Waals surface area contributed by atoms with Gasteiger partial charge in [0.25, 0.3) is 0 Å². The molecule has 1 aliphatic rings. The quantitative estimate of drug-likeness (QED) is 0.828. The van der Waals surface area contributed by atoms with Gasteiger partial charge in [-0.05, 0) is 32.6 Å². The third-order valence-corrected chi connectivity index (χ3v) is 3.87. The van der Waals surface area contributed by atoms with Crippen LogP contribution >= 0.6 is 0 Å². The van der Waals surface area contributed by atoms with Crippen molar-refractivity contribution in [2.45, 2.75) is 51.9 Å². The Morgan fingerprint density at radius 1 is 1.39 bits per heavy atom. The molecule has 0 spiro atoms. The Kier molecular flexibility index (Phi) is 4.67. The monoisotopic (exact) mass is 333 g/mol. The van der Waals surface area contributed by atoms with Crippen molar-refractivity contribution in [3.63, 3.8) is 0 Å². The van der Waals surface area contributed by atoms with Crippen LogP contribution in [-0.2, 0) is 22.6 Å². The van der Waals surface area contributed by atoms with Crippen LogP contribution in [0, 0.1) is 19.8 Å². The van der Waals surface area contributed by atoms with Crippen molar-refractivity contribution in [3.8, 4) is 0 Å². The maximum absolute atomic E-state index is 12.5. The van der Waals surface area contributed by atoms with E-state index in [1.165, 1.54) is 13.8 Å². The molecule has 1 fully saturated rings. The van der Waals surface area contributed by atoms with Gasteiger partial charge in [-0.1, -0.05) is 0 Å². The third kappa shape index (κ3) is 4.46. The van der Waals surface area contributed by atoms with E-state index in [1.807, 2.05) is 0 Å². The molecule has 1 heterocycles. The highest BCUT2D eigenvalue weighted by Gasteiger charge is 2.37. The lowest BCUT2D eigenvalue weighted by Crippen LogP contribution is -2.43. The van der Waals surface area contributed by atoms with Crippen LogP contribution in [0.1, 0.15) is 29.8 Å². The van der Waals surface area contributed by atoms with Gasteiger partial charge < -0.3 is 10.4 Å². The minimum Gasteiger partial charge on any atom is -0.480 e. The zero-order valence-corrected chi connectivity index (χ0v) is 12.8. The molecular formula is C14H18F3N3O3. The molecule has 128 valence electrons. The molecule has 2 N–H and O–H groups in total. The van der Waals surface area contributed by atoms with Crippen molar-refractivity contribution in [1.29, 1.82) is 0 Å². The molecule has 1 atom stereocenters. The molecule has 1 saturated carbocycles. The second-order valence-electron chi connectivity index (χ2n) is 5.82. The summed E-state index contributed by atoms with van der Waals surface area (Å²) in [4.78, 5) is 23.1. The van der Waals surface area contributed by atoms with E-state index in [4.69, 9.17) is 5.11 Å². The number of nitrogens with zero attached hydrogens (tertiary/aromatic N) is 2. The zero-order valence-electron chi connectivity index (χ0n) is 12.8. The standard InChI is InChI=1S/C14H18F3N3O3/c1-7-10(8(2)20(19-7)6-14(15,16)17)5-11(21)18-12(13(22)23)9-3-4-9/h9,12H,3-6H2,1-2H3,(H,18,21)(H,22,23). The lowest BCUT2D eigenvalue weighted by molar-refractivity contribution is -0.143. The van der Waals surface area contributed by atoms with Crippen molar-refractivity contribution in [1.82, 2.24) is 15.1 Å². The highest BCUT2D eigenvalue weighted by atomic mass is 19.4. The van der Waals surface area contributed by atoms with Crippen LogP contribution in [0.25, 0.3) is 0 Å². The number of aliphatic carboxylic acids is 1. The van der Waals surface area contributed by atoms with E-state index in [0.717, 1.165) is 17.5 Å². The largest absolute Gasteiger partial charge is 0.480 e. The van der Waals surface area contributed by atoms with E-state index in [1.54, 1.807) is 0 Å². The van der Waals surface area contributed by atoms with E-state index in [2.05, 4.69) is 10.4 Å². The summed E-state index contributed by atoms with van der Waals surface area (Å²) in [7, 11) is 0. The molecule has 9 heteroatoms. The highest BCUT2D eigenvalue weighted by molar-refractivity contribution is 5.85.